The predicted octanol–water partition coefficient (Wildman–Crippen LogP) is 1.07. The maximum Gasteiger partial charge on any atom is 0.246 e. The van der Waals surface area contributed by atoms with Gasteiger partial charge in [0.1, 0.15) is 0 Å². The molecule has 0 saturated heterocycles. The molecule has 0 aliphatic rings. The molecule has 0 aromatic heterocycles. The lowest BCUT2D eigenvalue weighted by Gasteiger charge is -2.10. The van der Waals surface area contributed by atoms with Gasteiger partial charge in [0.25, 0.3) is 0 Å². The Labute approximate surface area is 84.5 Å². The van der Waals surface area contributed by atoms with Crippen LogP contribution in [-0.4, -0.2) is 11.8 Å². The van der Waals surface area contributed by atoms with E-state index < -0.39 is 5.91 Å². The molecule has 4 heteroatoms. The van der Waals surface area contributed by atoms with Gasteiger partial charge in [0.2, 0.25) is 11.8 Å². The summed E-state index contributed by atoms with van der Waals surface area (Å²) in [4.78, 5) is 22.0. The topological polar surface area (TPSA) is 72.2 Å². The third-order valence-corrected chi connectivity index (χ3v) is 1.93. The Morgan fingerprint density at radius 1 is 1.29 bits per heavy atom. The fraction of sp³-hybridized carbons (Fsp3) is 0.600. The Morgan fingerprint density at radius 2 is 1.86 bits per heavy atom. The molecule has 80 valence electrons. The lowest BCUT2D eigenvalue weighted by molar-refractivity contribution is -0.120. The highest BCUT2D eigenvalue weighted by Gasteiger charge is 2.08. The van der Waals surface area contributed by atoms with Crippen molar-refractivity contribution in [3.63, 3.8) is 0 Å². The first-order chi connectivity index (χ1) is 6.52. The minimum absolute atomic E-state index is 0.0888. The number of hydrogen-bond acceptors (Lipinski definition) is 2. The van der Waals surface area contributed by atoms with Crippen LogP contribution in [0.5, 0.6) is 0 Å². The van der Waals surface area contributed by atoms with Crippen LogP contribution in [0.15, 0.2) is 11.3 Å². The van der Waals surface area contributed by atoms with E-state index >= 15 is 0 Å². The number of nitrogens with one attached hydrogen (secondary N) is 1. The molecule has 0 aliphatic carbocycles. The average Bonchev–Trinajstić information content (AvgIpc) is 2.15. The van der Waals surface area contributed by atoms with Crippen molar-refractivity contribution < 1.29 is 9.59 Å². The van der Waals surface area contributed by atoms with Crippen LogP contribution in [0.2, 0.25) is 0 Å². The van der Waals surface area contributed by atoms with Crippen LogP contribution in [0.1, 0.15) is 40.0 Å². The van der Waals surface area contributed by atoms with Crippen LogP contribution in [0.25, 0.3) is 0 Å². The second-order valence-corrected chi connectivity index (χ2v) is 3.12. The van der Waals surface area contributed by atoms with Crippen molar-refractivity contribution in [2.45, 2.75) is 40.0 Å². The summed E-state index contributed by atoms with van der Waals surface area (Å²) >= 11 is 0. The van der Waals surface area contributed by atoms with E-state index in [4.69, 9.17) is 5.73 Å². The summed E-state index contributed by atoms with van der Waals surface area (Å²) in [6, 6.07) is 0. The molecule has 4 nitrogen and oxygen atoms in total. The van der Waals surface area contributed by atoms with Crippen molar-refractivity contribution in [2.75, 3.05) is 0 Å². The largest absolute Gasteiger partial charge is 0.366 e. The van der Waals surface area contributed by atoms with Gasteiger partial charge in [0, 0.05) is 17.7 Å². The molecule has 0 radical (unpaired) electrons. The summed E-state index contributed by atoms with van der Waals surface area (Å²) in [5.41, 5.74) is 6.22. The zero-order valence-electron chi connectivity index (χ0n) is 9.02. The molecule has 0 aliphatic heterocycles. The van der Waals surface area contributed by atoms with E-state index in [1.54, 1.807) is 13.8 Å². The Balaban J connectivity index is 4.66. The standard InChI is InChI=1S/C10H18N2O2/c1-4-6-8(7(3)10(11)14)12-9(13)5-2/h4-6H2,1-3H3,(H2,11,14)(H,12,13). The molecule has 0 fully saturated rings. The molecule has 0 atom stereocenters. The Kier molecular flexibility index (Phi) is 5.60. The molecule has 0 heterocycles. The number of nitrogens with two attached hydrogens (primary N) is 1. The second-order valence-electron chi connectivity index (χ2n) is 3.12. The lowest BCUT2D eigenvalue weighted by Crippen LogP contribution is -2.26. The highest BCUT2D eigenvalue weighted by atomic mass is 16.2. The molecule has 0 rings (SSSR count). The van der Waals surface area contributed by atoms with Gasteiger partial charge in [0.15, 0.2) is 0 Å². The van der Waals surface area contributed by atoms with Crippen molar-refractivity contribution >= 4 is 11.8 Å². The quantitative estimate of drug-likeness (QED) is 0.649. The number of amides is 2. The minimum Gasteiger partial charge on any atom is -0.366 e. The highest BCUT2D eigenvalue weighted by Crippen LogP contribution is 2.07. The third-order valence-electron chi connectivity index (χ3n) is 1.93. The van der Waals surface area contributed by atoms with E-state index in [2.05, 4.69) is 5.32 Å². The SMILES string of the molecule is CCCC(NC(=O)CC)=C(C)C(N)=O. The summed E-state index contributed by atoms with van der Waals surface area (Å²) in [5.74, 6) is -0.570. The van der Waals surface area contributed by atoms with Crippen LogP contribution in [0.4, 0.5) is 0 Å². The number of carbonyl (C=O) groups is 2. The molecule has 0 spiro atoms. The summed E-state index contributed by atoms with van der Waals surface area (Å²) in [5, 5.41) is 2.69. The van der Waals surface area contributed by atoms with E-state index in [0.29, 0.717) is 24.1 Å². The predicted molar refractivity (Wildman–Crippen MR) is 55.2 cm³/mol. The third kappa shape index (κ3) is 4.07. The van der Waals surface area contributed by atoms with Crippen LogP contribution in [0, 0.1) is 0 Å². The first-order valence-electron chi connectivity index (χ1n) is 4.82. The van der Waals surface area contributed by atoms with E-state index in [9.17, 15) is 9.59 Å². The van der Waals surface area contributed by atoms with Gasteiger partial charge in [-0.15, -0.1) is 0 Å². The van der Waals surface area contributed by atoms with E-state index in [-0.39, 0.29) is 5.91 Å². The molecular formula is C10H18N2O2. The van der Waals surface area contributed by atoms with Crippen LogP contribution >= 0.6 is 0 Å². The summed E-state index contributed by atoms with van der Waals surface area (Å²) in [6.45, 7) is 5.37. The fourth-order valence-corrected chi connectivity index (χ4v) is 0.999. The smallest absolute Gasteiger partial charge is 0.246 e. The van der Waals surface area contributed by atoms with Gasteiger partial charge in [-0.3, -0.25) is 9.59 Å². The van der Waals surface area contributed by atoms with Crippen molar-refractivity contribution in [3.05, 3.63) is 11.3 Å². The van der Waals surface area contributed by atoms with Gasteiger partial charge >= 0.3 is 0 Å². The molecule has 14 heavy (non-hydrogen) atoms. The van der Waals surface area contributed by atoms with Crippen molar-refractivity contribution in [1.29, 1.82) is 0 Å². The molecule has 0 aromatic rings. The Hall–Kier alpha value is -1.32. The normalized spacial score (nSPS) is 11.9. The Morgan fingerprint density at radius 3 is 2.21 bits per heavy atom. The summed E-state index contributed by atoms with van der Waals surface area (Å²) in [6.07, 6.45) is 1.93. The van der Waals surface area contributed by atoms with Crippen LogP contribution in [-0.2, 0) is 9.59 Å². The van der Waals surface area contributed by atoms with E-state index in [1.165, 1.54) is 0 Å². The fourth-order valence-electron chi connectivity index (χ4n) is 0.999. The molecule has 2 amide bonds. The van der Waals surface area contributed by atoms with E-state index in [0.717, 1.165) is 6.42 Å². The minimum atomic E-state index is -0.482. The maximum atomic E-state index is 11.1. The number of primary amides is 1. The summed E-state index contributed by atoms with van der Waals surface area (Å²) < 4.78 is 0. The lowest BCUT2D eigenvalue weighted by atomic mass is 10.1. The second kappa shape index (κ2) is 6.18. The molecule has 0 unspecified atom stereocenters. The first kappa shape index (κ1) is 12.7. The number of rotatable bonds is 5. The van der Waals surface area contributed by atoms with Gasteiger partial charge in [0.05, 0.1) is 0 Å². The zero-order valence-corrected chi connectivity index (χ0v) is 9.02. The Bertz CT molecular complexity index is 257. The zero-order chi connectivity index (χ0) is 11.1. The van der Waals surface area contributed by atoms with Crippen LogP contribution < -0.4 is 11.1 Å². The molecule has 0 bridgehead atoms. The van der Waals surface area contributed by atoms with Gasteiger partial charge in [-0.25, -0.2) is 0 Å². The van der Waals surface area contributed by atoms with Gasteiger partial charge in [-0.05, 0) is 13.3 Å². The summed E-state index contributed by atoms with van der Waals surface area (Å²) in [7, 11) is 0. The van der Waals surface area contributed by atoms with Gasteiger partial charge in [-0.2, -0.15) is 0 Å². The highest BCUT2D eigenvalue weighted by molar-refractivity contribution is 5.93. The molecule has 3 N–H and O–H groups in total. The molecular weight excluding hydrogens is 180 g/mol. The first-order valence-corrected chi connectivity index (χ1v) is 4.82. The number of carbonyl (C=O) groups excluding carboxylic acids is 2. The van der Waals surface area contributed by atoms with Crippen LogP contribution in [0.3, 0.4) is 0 Å². The van der Waals surface area contributed by atoms with Gasteiger partial charge in [-0.1, -0.05) is 20.3 Å². The van der Waals surface area contributed by atoms with Crippen molar-refractivity contribution in [3.8, 4) is 0 Å². The monoisotopic (exact) mass is 198 g/mol. The van der Waals surface area contributed by atoms with Crippen molar-refractivity contribution in [2.24, 2.45) is 5.73 Å². The molecule has 0 saturated carbocycles. The van der Waals surface area contributed by atoms with Gasteiger partial charge < -0.3 is 11.1 Å². The van der Waals surface area contributed by atoms with E-state index in [1.807, 2.05) is 6.92 Å². The average molecular weight is 198 g/mol. The number of hydrogen-bond donors (Lipinski definition) is 2. The molecule has 0 aromatic carbocycles. The maximum absolute atomic E-state index is 11.1. The number of allylic oxidation sites excluding steroid dienone is 1. The van der Waals surface area contributed by atoms with Crippen molar-refractivity contribution in [1.82, 2.24) is 5.32 Å².